The molecule has 0 bridgehead atoms. The van der Waals surface area contributed by atoms with E-state index in [1.165, 1.54) is 12.3 Å². The number of carbonyl (C=O) groups is 1. The Labute approximate surface area is 175 Å². The second-order valence-electron chi connectivity index (χ2n) is 7.78. The fraction of sp³-hybridized carbons (Fsp3) is 0.478. The largest absolute Gasteiger partial charge is 0.493 e. The normalized spacial score (nSPS) is 17.8. The smallest absolute Gasteiger partial charge is 0.341 e. The third-order valence-electron chi connectivity index (χ3n) is 5.77. The van der Waals surface area contributed by atoms with Crippen LogP contribution in [-0.4, -0.2) is 42.6 Å². The van der Waals surface area contributed by atoms with Crippen LogP contribution in [0.2, 0.25) is 0 Å². The van der Waals surface area contributed by atoms with Gasteiger partial charge in [0.1, 0.15) is 11.3 Å². The SMILES string of the molecule is COCCCOc1cc2c(cc1C1CCCCO1)-c1cc(=O)c(C(=O)O)cn1CC2. The van der Waals surface area contributed by atoms with E-state index in [0.717, 1.165) is 66.8 Å². The van der Waals surface area contributed by atoms with Crippen molar-refractivity contribution in [2.75, 3.05) is 26.9 Å². The average molecular weight is 413 g/mol. The van der Waals surface area contributed by atoms with Crippen molar-refractivity contribution >= 4 is 5.97 Å². The number of carboxylic acids is 1. The zero-order valence-electron chi connectivity index (χ0n) is 17.2. The van der Waals surface area contributed by atoms with E-state index < -0.39 is 11.4 Å². The van der Waals surface area contributed by atoms with Gasteiger partial charge in [0.15, 0.2) is 5.43 Å². The molecule has 1 atom stereocenters. The van der Waals surface area contributed by atoms with Gasteiger partial charge in [0.2, 0.25) is 0 Å². The van der Waals surface area contributed by atoms with E-state index in [9.17, 15) is 14.7 Å². The van der Waals surface area contributed by atoms with Gasteiger partial charge >= 0.3 is 5.97 Å². The summed E-state index contributed by atoms with van der Waals surface area (Å²) in [5.41, 5.74) is 3.11. The molecule has 0 radical (unpaired) electrons. The Balaban J connectivity index is 1.75. The maximum absolute atomic E-state index is 12.3. The number of hydrogen-bond donors (Lipinski definition) is 1. The van der Waals surface area contributed by atoms with Crippen molar-refractivity contribution in [1.29, 1.82) is 0 Å². The van der Waals surface area contributed by atoms with Crippen molar-refractivity contribution in [3.05, 3.63) is 51.3 Å². The quantitative estimate of drug-likeness (QED) is 0.700. The maximum Gasteiger partial charge on any atom is 0.341 e. The highest BCUT2D eigenvalue weighted by atomic mass is 16.5. The van der Waals surface area contributed by atoms with E-state index in [-0.39, 0.29) is 11.7 Å². The fourth-order valence-electron chi connectivity index (χ4n) is 4.22. The standard InChI is InChI=1S/C23H27NO6/c1-28-8-4-10-30-22-11-15-6-7-24-14-18(23(26)27)20(25)13-19(24)16(15)12-17(22)21-5-2-3-9-29-21/h11-14,21H,2-10H2,1H3,(H,26,27). The molecule has 0 amide bonds. The van der Waals surface area contributed by atoms with Gasteiger partial charge in [-0.3, -0.25) is 4.79 Å². The summed E-state index contributed by atoms with van der Waals surface area (Å²) < 4.78 is 19.1. The molecule has 0 spiro atoms. The number of aryl methyl sites for hydroxylation is 2. The highest BCUT2D eigenvalue weighted by Gasteiger charge is 2.26. The average Bonchev–Trinajstić information content (AvgIpc) is 2.76. The number of fused-ring (bicyclic) bond motifs is 3. The van der Waals surface area contributed by atoms with Crippen LogP contribution in [0.3, 0.4) is 0 Å². The summed E-state index contributed by atoms with van der Waals surface area (Å²) in [5.74, 6) is -0.369. The predicted molar refractivity (Wildman–Crippen MR) is 111 cm³/mol. The van der Waals surface area contributed by atoms with E-state index in [1.54, 1.807) is 7.11 Å². The van der Waals surface area contributed by atoms with Gasteiger partial charge < -0.3 is 23.9 Å². The predicted octanol–water partition coefficient (Wildman–Crippen LogP) is 3.43. The van der Waals surface area contributed by atoms with Gasteiger partial charge in [-0.05, 0) is 43.4 Å². The van der Waals surface area contributed by atoms with Crippen molar-refractivity contribution in [1.82, 2.24) is 4.57 Å². The second kappa shape index (κ2) is 9.02. The Morgan fingerprint density at radius 3 is 2.87 bits per heavy atom. The molecule has 1 N–H and O–H groups in total. The highest BCUT2D eigenvalue weighted by molar-refractivity contribution is 5.87. The van der Waals surface area contributed by atoms with E-state index in [2.05, 4.69) is 12.1 Å². The minimum atomic E-state index is -1.20. The van der Waals surface area contributed by atoms with Crippen LogP contribution < -0.4 is 10.2 Å². The van der Waals surface area contributed by atoms with E-state index in [4.69, 9.17) is 14.2 Å². The van der Waals surface area contributed by atoms with Crippen LogP contribution >= 0.6 is 0 Å². The summed E-state index contributed by atoms with van der Waals surface area (Å²) in [6, 6.07) is 5.57. The molecule has 1 aromatic heterocycles. The summed E-state index contributed by atoms with van der Waals surface area (Å²) in [4.78, 5) is 23.7. The molecular formula is C23H27NO6. The molecule has 4 rings (SSSR count). The molecule has 160 valence electrons. The van der Waals surface area contributed by atoms with Gasteiger partial charge in [-0.25, -0.2) is 4.79 Å². The summed E-state index contributed by atoms with van der Waals surface area (Å²) in [7, 11) is 1.68. The number of methoxy groups -OCH3 is 1. The number of nitrogens with zero attached hydrogens (tertiary/aromatic N) is 1. The number of carboxylic acid groups (broad SMARTS) is 1. The van der Waals surface area contributed by atoms with Crippen molar-refractivity contribution in [2.24, 2.45) is 0 Å². The van der Waals surface area contributed by atoms with E-state index in [1.807, 2.05) is 4.57 Å². The number of hydrogen-bond acceptors (Lipinski definition) is 5. The first-order chi connectivity index (χ1) is 14.6. The number of rotatable bonds is 7. The summed E-state index contributed by atoms with van der Waals surface area (Å²) in [5, 5.41) is 9.28. The molecule has 0 aliphatic carbocycles. The van der Waals surface area contributed by atoms with Crippen molar-refractivity contribution in [3.8, 4) is 17.0 Å². The topological polar surface area (TPSA) is 87.0 Å². The number of pyridine rings is 1. The van der Waals surface area contributed by atoms with E-state index >= 15 is 0 Å². The third-order valence-corrected chi connectivity index (χ3v) is 5.77. The first kappa shape index (κ1) is 20.6. The monoisotopic (exact) mass is 413 g/mol. The van der Waals surface area contributed by atoms with Crippen LogP contribution in [0.5, 0.6) is 5.75 Å². The molecule has 2 aromatic rings. The number of aromatic nitrogens is 1. The van der Waals surface area contributed by atoms with Crippen molar-refractivity contribution in [3.63, 3.8) is 0 Å². The van der Waals surface area contributed by atoms with Gasteiger partial charge in [0.25, 0.3) is 0 Å². The molecule has 2 aliphatic rings. The molecular weight excluding hydrogens is 386 g/mol. The van der Waals surface area contributed by atoms with E-state index in [0.29, 0.717) is 19.8 Å². The van der Waals surface area contributed by atoms with Crippen LogP contribution in [0.15, 0.2) is 29.2 Å². The highest BCUT2D eigenvalue weighted by Crippen LogP contribution is 2.40. The van der Waals surface area contributed by atoms with Crippen LogP contribution in [0.25, 0.3) is 11.3 Å². The van der Waals surface area contributed by atoms with Gasteiger partial charge in [0, 0.05) is 56.7 Å². The molecule has 1 aromatic carbocycles. The lowest BCUT2D eigenvalue weighted by Gasteiger charge is -2.29. The van der Waals surface area contributed by atoms with Crippen LogP contribution in [-0.2, 0) is 22.4 Å². The first-order valence-corrected chi connectivity index (χ1v) is 10.5. The maximum atomic E-state index is 12.3. The van der Waals surface area contributed by atoms with Gasteiger partial charge in [-0.1, -0.05) is 0 Å². The Bertz CT molecular complexity index is 990. The molecule has 1 unspecified atom stereocenters. The molecule has 2 aliphatic heterocycles. The van der Waals surface area contributed by atoms with Crippen molar-refractivity contribution in [2.45, 2.75) is 44.8 Å². The first-order valence-electron chi connectivity index (χ1n) is 10.5. The number of benzene rings is 1. The zero-order chi connectivity index (χ0) is 21.1. The summed E-state index contributed by atoms with van der Waals surface area (Å²) >= 11 is 0. The molecule has 7 heteroatoms. The molecule has 7 nitrogen and oxygen atoms in total. The van der Waals surface area contributed by atoms with Gasteiger partial charge in [-0.2, -0.15) is 0 Å². The van der Waals surface area contributed by atoms with Crippen LogP contribution in [0, 0.1) is 0 Å². The Morgan fingerprint density at radius 1 is 1.27 bits per heavy atom. The van der Waals surface area contributed by atoms with Crippen molar-refractivity contribution < 1.29 is 24.1 Å². The molecule has 1 fully saturated rings. The minimum absolute atomic E-state index is 0.0399. The van der Waals surface area contributed by atoms with Gasteiger partial charge in [-0.15, -0.1) is 0 Å². The third kappa shape index (κ3) is 4.13. The van der Waals surface area contributed by atoms with Gasteiger partial charge in [0.05, 0.1) is 18.4 Å². The lowest BCUT2D eigenvalue weighted by atomic mass is 9.91. The number of ether oxygens (including phenoxy) is 3. The van der Waals surface area contributed by atoms with Crippen LogP contribution in [0.4, 0.5) is 0 Å². The van der Waals surface area contributed by atoms with Crippen LogP contribution in [0.1, 0.15) is 53.3 Å². The second-order valence-corrected chi connectivity index (χ2v) is 7.78. The molecule has 1 saturated heterocycles. The number of aromatic carboxylic acids is 1. The Morgan fingerprint density at radius 2 is 2.13 bits per heavy atom. The summed E-state index contributed by atoms with van der Waals surface area (Å²) in [6.45, 7) is 2.54. The lowest BCUT2D eigenvalue weighted by Crippen LogP contribution is -2.22. The molecule has 30 heavy (non-hydrogen) atoms. The molecule has 3 heterocycles. The fourth-order valence-corrected chi connectivity index (χ4v) is 4.22. The summed E-state index contributed by atoms with van der Waals surface area (Å²) in [6.07, 6.45) is 6.04. The Kier molecular flexibility index (Phi) is 6.20. The minimum Gasteiger partial charge on any atom is -0.493 e. The molecule has 0 saturated carbocycles. The lowest BCUT2D eigenvalue weighted by molar-refractivity contribution is 0.0131. The Hall–Kier alpha value is -2.64. The zero-order valence-corrected chi connectivity index (χ0v) is 17.2.